The van der Waals surface area contributed by atoms with Crippen molar-refractivity contribution >= 4 is 46.5 Å². The monoisotopic (exact) mass is 377 g/mol. The summed E-state index contributed by atoms with van der Waals surface area (Å²) in [5.74, 6) is -1.44. The number of anilines is 1. The lowest BCUT2D eigenvalue weighted by atomic mass is 10.1. The molecule has 0 bridgehead atoms. The van der Waals surface area contributed by atoms with Crippen molar-refractivity contribution in [2.45, 2.75) is 4.21 Å². The van der Waals surface area contributed by atoms with Crippen molar-refractivity contribution in [1.82, 2.24) is 0 Å². The fourth-order valence-electron chi connectivity index (χ4n) is 2.10. The average Bonchev–Trinajstić information content (AvgIpc) is 2.94. The van der Waals surface area contributed by atoms with E-state index < -0.39 is 5.97 Å². The summed E-state index contributed by atoms with van der Waals surface area (Å²) in [6, 6.07) is 16.2. The molecule has 0 aliphatic rings. The van der Waals surface area contributed by atoms with Crippen LogP contribution >= 0.6 is 34.9 Å². The standard InChI is InChI=1S/C17H12ClNO3S2/c18-16-13(10-4-2-1-3-5-10)9-15(23-16)24-19-11-6-7-12(17(21)22)14(20)8-11/h1-9,19-20H,(H,21,22). The number of thiophene rings is 1. The van der Waals surface area contributed by atoms with Crippen molar-refractivity contribution in [3.63, 3.8) is 0 Å². The van der Waals surface area contributed by atoms with Gasteiger partial charge in [0.1, 0.15) is 15.6 Å². The van der Waals surface area contributed by atoms with E-state index in [0.29, 0.717) is 10.0 Å². The molecule has 0 spiro atoms. The maximum Gasteiger partial charge on any atom is 0.339 e. The number of benzene rings is 2. The van der Waals surface area contributed by atoms with Crippen LogP contribution in [0.3, 0.4) is 0 Å². The highest BCUT2D eigenvalue weighted by molar-refractivity contribution is 8.02. The molecular formula is C17H12ClNO3S2. The Morgan fingerprint density at radius 1 is 1.12 bits per heavy atom. The summed E-state index contributed by atoms with van der Waals surface area (Å²) in [6.45, 7) is 0. The maximum absolute atomic E-state index is 10.9. The molecule has 24 heavy (non-hydrogen) atoms. The van der Waals surface area contributed by atoms with Crippen molar-refractivity contribution in [2.75, 3.05) is 4.72 Å². The van der Waals surface area contributed by atoms with Crippen molar-refractivity contribution in [3.05, 3.63) is 64.5 Å². The Hall–Kier alpha value is -2.15. The van der Waals surface area contributed by atoms with Crippen LogP contribution in [0.2, 0.25) is 4.34 Å². The van der Waals surface area contributed by atoms with Crippen molar-refractivity contribution in [3.8, 4) is 16.9 Å². The Balaban J connectivity index is 1.74. The van der Waals surface area contributed by atoms with E-state index in [0.717, 1.165) is 15.3 Å². The van der Waals surface area contributed by atoms with Gasteiger partial charge in [0.2, 0.25) is 0 Å². The van der Waals surface area contributed by atoms with Crippen molar-refractivity contribution in [2.24, 2.45) is 0 Å². The van der Waals surface area contributed by atoms with E-state index in [4.69, 9.17) is 16.7 Å². The summed E-state index contributed by atoms with van der Waals surface area (Å²) in [7, 11) is 0. The molecular weight excluding hydrogens is 366 g/mol. The number of carboxylic acid groups (broad SMARTS) is 1. The van der Waals surface area contributed by atoms with Gasteiger partial charge in [-0.3, -0.25) is 0 Å². The molecule has 122 valence electrons. The Morgan fingerprint density at radius 2 is 1.88 bits per heavy atom. The second kappa shape index (κ2) is 7.17. The van der Waals surface area contributed by atoms with E-state index in [2.05, 4.69) is 4.72 Å². The molecule has 3 N–H and O–H groups in total. The number of nitrogens with one attached hydrogen (secondary N) is 1. The van der Waals surface area contributed by atoms with Gasteiger partial charge in [0.25, 0.3) is 0 Å². The van der Waals surface area contributed by atoms with E-state index in [-0.39, 0.29) is 11.3 Å². The summed E-state index contributed by atoms with van der Waals surface area (Å²) < 4.78 is 4.74. The van der Waals surface area contributed by atoms with Gasteiger partial charge in [-0.05, 0) is 35.7 Å². The highest BCUT2D eigenvalue weighted by Crippen LogP contribution is 2.40. The number of aromatic hydroxyl groups is 1. The van der Waals surface area contributed by atoms with Gasteiger partial charge in [-0.1, -0.05) is 41.9 Å². The van der Waals surface area contributed by atoms with Gasteiger partial charge < -0.3 is 14.9 Å². The first kappa shape index (κ1) is 16.7. The zero-order valence-corrected chi connectivity index (χ0v) is 14.6. The predicted molar refractivity (Wildman–Crippen MR) is 99.3 cm³/mol. The number of carbonyl (C=O) groups is 1. The molecule has 0 saturated carbocycles. The number of rotatable bonds is 5. The lowest BCUT2D eigenvalue weighted by Gasteiger charge is -2.05. The molecule has 1 aromatic heterocycles. The number of hydrogen-bond donors (Lipinski definition) is 3. The minimum absolute atomic E-state index is 0.129. The first-order valence-corrected chi connectivity index (χ1v) is 8.89. The molecule has 4 nitrogen and oxygen atoms in total. The predicted octanol–water partition coefficient (Wildman–Crippen LogP) is 5.59. The molecule has 1 heterocycles. The number of aromatic carboxylic acids is 1. The van der Waals surface area contributed by atoms with Gasteiger partial charge in [-0.15, -0.1) is 11.3 Å². The summed E-state index contributed by atoms with van der Waals surface area (Å²) in [5.41, 5.74) is 2.49. The van der Waals surface area contributed by atoms with Crippen LogP contribution in [0.15, 0.2) is 58.8 Å². The number of hydrogen-bond acceptors (Lipinski definition) is 5. The van der Waals surface area contributed by atoms with E-state index in [1.807, 2.05) is 36.4 Å². The first-order chi connectivity index (χ1) is 11.5. The van der Waals surface area contributed by atoms with Crippen LogP contribution in [-0.2, 0) is 0 Å². The summed E-state index contributed by atoms with van der Waals surface area (Å²) in [6.07, 6.45) is 0. The van der Waals surface area contributed by atoms with Crippen molar-refractivity contribution in [1.29, 1.82) is 0 Å². The molecule has 0 aliphatic carbocycles. The summed E-state index contributed by atoms with van der Waals surface area (Å²) >= 11 is 9.12. The van der Waals surface area contributed by atoms with Crippen LogP contribution in [0.25, 0.3) is 11.1 Å². The SMILES string of the molecule is O=C(O)c1ccc(NSc2cc(-c3ccccc3)c(Cl)s2)cc1O. The minimum Gasteiger partial charge on any atom is -0.507 e. The van der Waals surface area contributed by atoms with E-state index in [1.54, 1.807) is 6.07 Å². The second-order valence-corrected chi connectivity index (χ2v) is 7.62. The van der Waals surface area contributed by atoms with Gasteiger partial charge in [0.05, 0.1) is 4.21 Å². The molecule has 0 fully saturated rings. The zero-order chi connectivity index (χ0) is 17.1. The molecule has 3 aromatic rings. The molecule has 2 aromatic carbocycles. The summed E-state index contributed by atoms with van der Waals surface area (Å²) in [5, 5.41) is 18.6. The van der Waals surface area contributed by atoms with Gasteiger partial charge in [-0.2, -0.15) is 0 Å². The average molecular weight is 378 g/mol. The van der Waals surface area contributed by atoms with Crippen LogP contribution in [0.5, 0.6) is 5.75 Å². The Labute approximate surface area is 151 Å². The second-order valence-electron chi connectivity index (χ2n) is 4.86. The molecule has 0 atom stereocenters. The number of phenols is 1. The zero-order valence-electron chi connectivity index (χ0n) is 12.2. The summed E-state index contributed by atoms with van der Waals surface area (Å²) in [4.78, 5) is 10.9. The van der Waals surface area contributed by atoms with E-state index >= 15 is 0 Å². The largest absolute Gasteiger partial charge is 0.507 e. The lowest BCUT2D eigenvalue weighted by Crippen LogP contribution is -1.97. The fourth-order valence-corrected chi connectivity index (χ4v) is 4.35. The molecule has 0 unspecified atom stereocenters. The van der Waals surface area contributed by atoms with Crippen molar-refractivity contribution < 1.29 is 15.0 Å². The lowest BCUT2D eigenvalue weighted by molar-refractivity contribution is 0.0694. The van der Waals surface area contributed by atoms with E-state index in [9.17, 15) is 9.90 Å². The van der Waals surface area contributed by atoms with Crippen LogP contribution in [0.4, 0.5) is 5.69 Å². The molecule has 0 saturated heterocycles. The minimum atomic E-state index is -1.16. The third kappa shape index (κ3) is 3.67. The highest BCUT2D eigenvalue weighted by atomic mass is 35.5. The van der Waals surface area contributed by atoms with Crippen LogP contribution in [0, 0.1) is 0 Å². The molecule has 3 rings (SSSR count). The number of carboxylic acids is 1. The van der Waals surface area contributed by atoms with Gasteiger partial charge >= 0.3 is 5.97 Å². The smallest absolute Gasteiger partial charge is 0.339 e. The topological polar surface area (TPSA) is 69.6 Å². The third-order valence-electron chi connectivity index (χ3n) is 3.25. The Morgan fingerprint density at radius 3 is 2.54 bits per heavy atom. The van der Waals surface area contributed by atoms with Crippen LogP contribution < -0.4 is 4.72 Å². The maximum atomic E-state index is 10.9. The number of halogens is 1. The quantitative estimate of drug-likeness (QED) is 0.505. The van der Waals surface area contributed by atoms with Crippen LogP contribution in [0.1, 0.15) is 10.4 Å². The van der Waals surface area contributed by atoms with E-state index in [1.165, 1.54) is 35.4 Å². The normalized spacial score (nSPS) is 10.5. The molecule has 0 amide bonds. The Bertz CT molecular complexity index is 881. The van der Waals surface area contributed by atoms with Gasteiger partial charge in [-0.25, -0.2) is 4.79 Å². The Kier molecular flexibility index (Phi) is 4.99. The molecule has 0 aliphatic heterocycles. The van der Waals surface area contributed by atoms with Crippen LogP contribution in [-0.4, -0.2) is 16.2 Å². The molecule has 0 radical (unpaired) electrons. The molecule has 7 heteroatoms. The van der Waals surface area contributed by atoms with Gasteiger partial charge in [0, 0.05) is 17.3 Å². The highest BCUT2D eigenvalue weighted by Gasteiger charge is 2.12. The van der Waals surface area contributed by atoms with Gasteiger partial charge in [0.15, 0.2) is 0 Å². The third-order valence-corrected chi connectivity index (χ3v) is 5.56. The fraction of sp³-hybridized carbons (Fsp3) is 0. The first-order valence-electron chi connectivity index (χ1n) is 6.88.